The molecule has 0 amide bonds. The largest absolute Gasteiger partial charge is 0.384 e. The second kappa shape index (κ2) is 5.19. The first-order chi connectivity index (χ1) is 8.16. The van der Waals surface area contributed by atoms with Gasteiger partial charge in [-0.05, 0) is 49.5 Å². The molecule has 2 aromatic rings. The molecule has 1 N–H and O–H groups in total. The molecule has 0 saturated heterocycles. The zero-order chi connectivity index (χ0) is 12.3. The van der Waals surface area contributed by atoms with Crippen molar-refractivity contribution in [1.82, 2.24) is 4.90 Å². The third-order valence-corrected chi connectivity index (χ3v) is 2.99. The fraction of sp³-hybridized carbons (Fsp3) is 0.333. The highest BCUT2D eigenvalue weighted by molar-refractivity contribution is 5.88. The molecule has 0 aliphatic heterocycles. The van der Waals surface area contributed by atoms with E-state index in [9.17, 15) is 0 Å². The van der Waals surface area contributed by atoms with E-state index in [4.69, 9.17) is 0 Å². The molecule has 2 nitrogen and oxygen atoms in total. The molecular weight excluding hydrogens is 208 g/mol. The lowest BCUT2D eigenvalue weighted by molar-refractivity contribution is 0.425. The normalized spacial score (nSPS) is 11.1. The van der Waals surface area contributed by atoms with Crippen LogP contribution in [0.5, 0.6) is 0 Å². The van der Waals surface area contributed by atoms with Crippen molar-refractivity contribution in [2.45, 2.75) is 6.92 Å². The number of hydrogen-bond donors (Lipinski definition) is 1. The van der Waals surface area contributed by atoms with Crippen LogP contribution in [-0.4, -0.2) is 32.1 Å². The van der Waals surface area contributed by atoms with Gasteiger partial charge in [-0.3, -0.25) is 0 Å². The molecule has 0 saturated carbocycles. The van der Waals surface area contributed by atoms with Gasteiger partial charge in [0, 0.05) is 18.8 Å². The van der Waals surface area contributed by atoms with E-state index < -0.39 is 0 Å². The number of likely N-dealkylation sites (N-methyl/N-ethyl adjacent to an activating group) is 1. The summed E-state index contributed by atoms with van der Waals surface area (Å²) in [6, 6.07) is 13.0. The van der Waals surface area contributed by atoms with Crippen molar-refractivity contribution in [3.05, 3.63) is 42.0 Å². The molecule has 0 heterocycles. The minimum Gasteiger partial charge on any atom is -0.384 e. The van der Waals surface area contributed by atoms with Crippen LogP contribution in [0.3, 0.4) is 0 Å². The number of nitrogens with zero attached hydrogens (tertiary/aromatic N) is 1. The van der Waals surface area contributed by atoms with Gasteiger partial charge < -0.3 is 10.2 Å². The summed E-state index contributed by atoms with van der Waals surface area (Å²) in [6.07, 6.45) is 0. The molecule has 0 fully saturated rings. The zero-order valence-electron chi connectivity index (χ0n) is 10.8. The summed E-state index contributed by atoms with van der Waals surface area (Å²) in [5, 5.41) is 6.09. The van der Waals surface area contributed by atoms with Gasteiger partial charge in [-0.1, -0.05) is 24.3 Å². The number of benzene rings is 2. The number of rotatable bonds is 4. The molecule has 2 rings (SSSR count). The highest BCUT2D eigenvalue weighted by Gasteiger charge is 1.98. The Bertz CT molecular complexity index is 503. The number of aryl methyl sites for hydroxylation is 1. The van der Waals surface area contributed by atoms with Crippen LogP contribution in [0, 0.1) is 6.92 Å². The fourth-order valence-corrected chi connectivity index (χ4v) is 1.98. The average Bonchev–Trinajstić information content (AvgIpc) is 2.29. The lowest BCUT2D eigenvalue weighted by Gasteiger charge is -2.12. The third-order valence-electron chi connectivity index (χ3n) is 2.99. The van der Waals surface area contributed by atoms with Crippen molar-refractivity contribution >= 4 is 16.5 Å². The number of nitrogens with one attached hydrogen (secondary N) is 1. The number of fused-ring (bicyclic) bond motifs is 1. The van der Waals surface area contributed by atoms with Crippen LogP contribution >= 0.6 is 0 Å². The van der Waals surface area contributed by atoms with Gasteiger partial charge in [0.25, 0.3) is 0 Å². The maximum atomic E-state index is 3.45. The van der Waals surface area contributed by atoms with Crippen LogP contribution in [0.4, 0.5) is 5.69 Å². The van der Waals surface area contributed by atoms with E-state index in [1.807, 2.05) is 0 Å². The molecule has 0 radical (unpaired) electrons. The van der Waals surface area contributed by atoms with Crippen molar-refractivity contribution in [1.29, 1.82) is 0 Å². The van der Waals surface area contributed by atoms with Gasteiger partial charge in [-0.2, -0.15) is 0 Å². The Labute approximate surface area is 103 Å². The summed E-state index contributed by atoms with van der Waals surface area (Å²) < 4.78 is 0. The topological polar surface area (TPSA) is 15.3 Å². The summed E-state index contributed by atoms with van der Waals surface area (Å²) in [7, 11) is 4.18. The van der Waals surface area contributed by atoms with Gasteiger partial charge in [0.1, 0.15) is 0 Å². The van der Waals surface area contributed by atoms with Gasteiger partial charge in [0.05, 0.1) is 0 Å². The van der Waals surface area contributed by atoms with E-state index in [0.29, 0.717) is 0 Å². The Morgan fingerprint density at radius 2 is 1.94 bits per heavy atom. The van der Waals surface area contributed by atoms with Gasteiger partial charge in [0.2, 0.25) is 0 Å². The Kier molecular flexibility index (Phi) is 3.64. The molecule has 90 valence electrons. The zero-order valence-corrected chi connectivity index (χ0v) is 10.8. The fourth-order valence-electron chi connectivity index (χ4n) is 1.98. The van der Waals surface area contributed by atoms with Gasteiger partial charge in [-0.25, -0.2) is 0 Å². The van der Waals surface area contributed by atoms with Gasteiger partial charge in [0.15, 0.2) is 0 Å². The third kappa shape index (κ3) is 2.98. The summed E-state index contributed by atoms with van der Waals surface area (Å²) in [5.74, 6) is 0. The Hall–Kier alpha value is -1.54. The van der Waals surface area contributed by atoms with Crippen molar-refractivity contribution in [2.75, 3.05) is 32.5 Å². The van der Waals surface area contributed by atoms with E-state index in [2.05, 4.69) is 67.6 Å². The lowest BCUT2D eigenvalue weighted by Crippen LogP contribution is -2.20. The quantitative estimate of drug-likeness (QED) is 0.865. The van der Waals surface area contributed by atoms with Gasteiger partial charge >= 0.3 is 0 Å². The summed E-state index contributed by atoms with van der Waals surface area (Å²) in [5.41, 5.74) is 2.53. The van der Waals surface area contributed by atoms with Crippen LogP contribution in [0.1, 0.15) is 5.56 Å². The first-order valence-electron chi connectivity index (χ1n) is 6.05. The van der Waals surface area contributed by atoms with E-state index in [-0.39, 0.29) is 0 Å². The molecule has 0 bridgehead atoms. The molecule has 0 aliphatic rings. The minimum absolute atomic E-state index is 0.977. The predicted molar refractivity (Wildman–Crippen MR) is 75.7 cm³/mol. The van der Waals surface area contributed by atoms with Crippen LogP contribution in [0.2, 0.25) is 0 Å². The SMILES string of the molecule is Cc1cccc2cc(NCCN(C)C)ccc12. The van der Waals surface area contributed by atoms with E-state index in [1.54, 1.807) is 0 Å². The summed E-state index contributed by atoms with van der Waals surface area (Å²) >= 11 is 0. The summed E-state index contributed by atoms with van der Waals surface area (Å²) in [4.78, 5) is 2.18. The maximum absolute atomic E-state index is 3.45. The van der Waals surface area contributed by atoms with Crippen LogP contribution in [-0.2, 0) is 0 Å². The second-order valence-electron chi connectivity index (χ2n) is 4.74. The Balaban J connectivity index is 2.15. The van der Waals surface area contributed by atoms with Crippen LogP contribution in [0.25, 0.3) is 10.8 Å². The van der Waals surface area contributed by atoms with Crippen LogP contribution in [0.15, 0.2) is 36.4 Å². The molecule has 2 aromatic carbocycles. The van der Waals surface area contributed by atoms with Crippen molar-refractivity contribution in [2.24, 2.45) is 0 Å². The molecule has 0 aromatic heterocycles. The first-order valence-corrected chi connectivity index (χ1v) is 6.05. The van der Waals surface area contributed by atoms with E-state index >= 15 is 0 Å². The molecule has 0 unspecified atom stereocenters. The molecule has 2 heteroatoms. The molecule has 17 heavy (non-hydrogen) atoms. The standard InChI is InChI=1S/C15H20N2/c1-12-5-4-6-13-11-14(7-8-15(12)13)16-9-10-17(2)3/h4-8,11,16H,9-10H2,1-3H3. The van der Waals surface area contributed by atoms with Crippen molar-refractivity contribution in [3.8, 4) is 0 Å². The number of hydrogen-bond acceptors (Lipinski definition) is 2. The predicted octanol–water partition coefficient (Wildman–Crippen LogP) is 3.12. The first kappa shape index (κ1) is 11.9. The van der Waals surface area contributed by atoms with Crippen molar-refractivity contribution in [3.63, 3.8) is 0 Å². The molecular formula is C15H20N2. The van der Waals surface area contributed by atoms with E-state index in [0.717, 1.165) is 13.1 Å². The highest BCUT2D eigenvalue weighted by atomic mass is 15.1. The smallest absolute Gasteiger partial charge is 0.0347 e. The average molecular weight is 228 g/mol. The number of anilines is 1. The van der Waals surface area contributed by atoms with Gasteiger partial charge in [-0.15, -0.1) is 0 Å². The highest BCUT2D eigenvalue weighted by Crippen LogP contribution is 2.21. The molecule has 0 atom stereocenters. The van der Waals surface area contributed by atoms with Crippen LogP contribution < -0.4 is 5.32 Å². The monoisotopic (exact) mass is 228 g/mol. The second-order valence-corrected chi connectivity index (χ2v) is 4.74. The minimum atomic E-state index is 0.977. The lowest BCUT2D eigenvalue weighted by atomic mass is 10.1. The molecule has 0 spiro atoms. The Morgan fingerprint density at radius 1 is 1.12 bits per heavy atom. The Morgan fingerprint density at radius 3 is 2.71 bits per heavy atom. The maximum Gasteiger partial charge on any atom is 0.0347 e. The van der Waals surface area contributed by atoms with E-state index in [1.165, 1.54) is 22.0 Å². The summed E-state index contributed by atoms with van der Waals surface area (Å²) in [6.45, 7) is 4.18. The van der Waals surface area contributed by atoms with Crippen molar-refractivity contribution < 1.29 is 0 Å². The molecule has 0 aliphatic carbocycles.